The highest BCUT2D eigenvalue weighted by Crippen LogP contribution is 2.27. The van der Waals surface area contributed by atoms with Crippen molar-refractivity contribution in [3.05, 3.63) is 44.9 Å². The Labute approximate surface area is 88.8 Å². The van der Waals surface area contributed by atoms with Crippen molar-refractivity contribution < 1.29 is 4.52 Å². The van der Waals surface area contributed by atoms with Crippen molar-refractivity contribution >= 4 is 15.9 Å². The molecule has 0 unspecified atom stereocenters. The van der Waals surface area contributed by atoms with Gasteiger partial charge in [-0.3, -0.25) is 4.79 Å². The zero-order valence-corrected chi connectivity index (χ0v) is 9.09. The quantitative estimate of drug-likeness (QED) is 0.850. The molecule has 0 saturated carbocycles. The molecule has 3 nitrogen and oxygen atoms in total. The summed E-state index contributed by atoms with van der Waals surface area (Å²) >= 11 is 3.39. The third-order valence-electron chi connectivity index (χ3n) is 2.02. The van der Waals surface area contributed by atoms with Gasteiger partial charge in [-0.1, -0.05) is 34.1 Å². The lowest BCUT2D eigenvalue weighted by Gasteiger charge is -1.99. The number of hydrogen-bond donors (Lipinski definition) is 1. The van der Waals surface area contributed by atoms with E-state index in [0.717, 1.165) is 10.0 Å². The molecule has 0 radical (unpaired) electrons. The molecule has 0 fully saturated rings. The average molecular weight is 254 g/mol. The summed E-state index contributed by atoms with van der Waals surface area (Å²) in [5.74, 6) is 0.599. The predicted octanol–water partition coefficient (Wildman–Crippen LogP) is 2.71. The number of aromatic amines is 1. The largest absolute Gasteiger partial charge is 0.383 e. The number of rotatable bonds is 1. The fourth-order valence-corrected chi connectivity index (χ4v) is 1.84. The maximum Gasteiger partial charge on any atom is 0.288 e. The summed E-state index contributed by atoms with van der Waals surface area (Å²) in [6, 6.07) is 7.54. The monoisotopic (exact) mass is 253 g/mol. The molecule has 0 aliphatic carbocycles. The maximum atomic E-state index is 11.4. The lowest BCUT2D eigenvalue weighted by atomic mass is 10.1. The van der Waals surface area contributed by atoms with E-state index < -0.39 is 0 Å². The number of hydrogen-bond acceptors (Lipinski definition) is 2. The number of aryl methyl sites for hydroxylation is 1. The van der Waals surface area contributed by atoms with E-state index in [1.165, 1.54) is 0 Å². The second-order valence-corrected chi connectivity index (χ2v) is 3.80. The highest BCUT2D eigenvalue weighted by Gasteiger charge is 2.12. The standard InChI is InChI=1S/C10H8BrNO2/c1-6-9(10(13)12-14-6)7-4-2-3-5-8(7)11/h2-5H,1H3,(H,12,13). The van der Waals surface area contributed by atoms with Crippen LogP contribution in [-0.4, -0.2) is 5.16 Å². The summed E-state index contributed by atoms with van der Waals surface area (Å²) in [6.07, 6.45) is 0. The minimum Gasteiger partial charge on any atom is -0.383 e. The molecule has 1 heterocycles. The third kappa shape index (κ3) is 1.42. The van der Waals surface area contributed by atoms with E-state index in [9.17, 15) is 4.79 Å². The Morgan fingerprint density at radius 3 is 2.64 bits per heavy atom. The lowest BCUT2D eigenvalue weighted by Crippen LogP contribution is -2.01. The van der Waals surface area contributed by atoms with Crippen LogP contribution in [0, 0.1) is 6.92 Å². The summed E-state index contributed by atoms with van der Waals surface area (Å²) < 4.78 is 5.83. The summed E-state index contributed by atoms with van der Waals surface area (Å²) in [5.41, 5.74) is 1.23. The third-order valence-corrected chi connectivity index (χ3v) is 2.71. The molecule has 4 heteroatoms. The van der Waals surface area contributed by atoms with Crippen LogP contribution < -0.4 is 5.56 Å². The fraction of sp³-hybridized carbons (Fsp3) is 0.100. The molecular formula is C10H8BrNO2. The van der Waals surface area contributed by atoms with Crippen molar-refractivity contribution in [2.45, 2.75) is 6.92 Å². The number of benzene rings is 1. The molecule has 2 rings (SSSR count). The molecule has 0 saturated heterocycles. The molecule has 2 aromatic rings. The van der Waals surface area contributed by atoms with Gasteiger partial charge in [0.1, 0.15) is 5.76 Å². The first-order chi connectivity index (χ1) is 6.70. The van der Waals surface area contributed by atoms with Gasteiger partial charge in [0.25, 0.3) is 5.56 Å². The molecule has 0 aliphatic rings. The molecule has 0 aliphatic heterocycles. The van der Waals surface area contributed by atoms with Crippen LogP contribution in [0.4, 0.5) is 0 Å². The van der Waals surface area contributed by atoms with E-state index in [1.54, 1.807) is 6.92 Å². The van der Waals surface area contributed by atoms with E-state index >= 15 is 0 Å². The van der Waals surface area contributed by atoms with Crippen LogP contribution in [0.15, 0.2) is 38.1 Å². The molecule has 0 atom stereocenters. The number of H-pyrrole nitrogens is 1. The van der Waals surface area contributed by atoms with Gasteiger partial charge in [0.2, 0.25) is 0 Å². The molecule has 14 heavy (non-hydrogen) atoms. The number of aromatic nitrogens is 1. The Balaban J connectivity index is 2.72. The minimum absolute atomic E-state index is 0.200. The number of halogens is 1. The van der Waals surface area contributed by atoms with Gasteiger partial charge in [0.05, 0.1) is 5.56 Å². The fourth-order valence-electron chi connectivity index (χ4n) is 1.36. The Morgan fingerprint density at radius 2 is 2.07 bits per heavy atom. The zero-order valence-electron chi connectivity index (χ0n) is 7.50. The van der Waals surface area contributed by atoms with E-state index in [0.29, 0.717) is 11.3 Å². The van der Waals surface area contributed by atoms with E-state index in [4.69, 9.17) is 4.52 Å². The van der Waals surface area contributed by atoms with E-state index in [-0.39, 0.29) is 5.56 Å². The van der Waals surface area contributed by atoms with Crippen LogP contribution in [0.5, 0.6) is 0 Å². The van der Waals surface area contributed by atoms with Crippen molar-refractivity contribution in [3.63, 3.8) is 0 Å². The predicted molar refractivity (Wildman–Crippen MR) is 57.2 cm³/mol. The van der Waals surface area contributed by atoms with Gasteiger partial charge in [-0.25, -0.2) is 0 Å². The summed E-state index contributed by atoms with van der Waals surface area (Å²) in [4.78, 5) is 11.4. The highest BCUT2D eigenvalue weighted by atomic mass is 79.9. The van der Waals surface area contributed by atoms with Crippen LogP contribution in [-0.2, 0) is 0 Å². The first kappa shape index (κ1) is 9.27. The topological polar surface area (TPSA) is 46.0 Å². The molecule has 0 bridgehead atoms. The maximum absolute atomic E-state index is 11.4. The van der Waals surface area contributed by atoms with E-state index in [2.05, 4.69) is 21.1 Å². The SMILES string of the molecule is Cc1o[nH]c(=O)c1-c1ccccc1Br. The van der Waals surface area contributed by atoms with Gasteiger partial charge < -0.3 is 4.52 Å². The Kier molecular flexibility index (Phi) is 2.29. The van der Waals surface area contributed by atoms with Gasteiger partial charge >= 0.3 is 0 Å². The first-order valence-corrected chi connectivity index (χ1v) is 4.92. The molecule has 1 aromatic heterocycles. The van der Waals surface area contributed by atoms with Gasteiger partial charge in [0, 0.05) is 10.0 Å². The van der Waals surface area contributed by atoms with Crippen LogP contribution in [0.3, 0.4) is 0 Å². The molecule has 0 spiro atoms. The number of nitrogens with one attached hydrogen (secondary N) is 1. The van der Waals surface area contributed by atoms with Crippen molar-refractivity contribution in [1.82, 2.24) is 5.16 Å². The van der Waals surface area contributed by atoms with Gasteiger partial charge in [-0.15, -0.1) is 0 Å². The minimum atomic E-state index is -0.200. The second-order valence-electron chi connectivity index (χ2n) is 2.94. The first-order valence-electron chi connectivity index (χ1n) is 4.13. The van der Waals surface area contributed by atoms with Crippen LogP contribution in [0.25, 0.3) is 11.1 Å². The van der Waals surface area contributed by atoms with Crippen molar-refractivity contribution in [1.29, 1.82) is 0 Å². The van der Waals surface area contributed by atoms with Crippen molar-refractivity contribution in [2.24, 2.45) is 0 Å². The lowest BCUT2D eigenvalue weighted by molar-refractivity contribution is 0.392. The molecule has 1 aromatic carbocycles. The normalized spacial score (nSPS) is 10.4. The van der Waals surface area contributed by atoms with Gasteiger partial charge in [0.15, 0.2) is 0 Å². The van der Waals surface area contributed by atoms with Crippen molar-refractivity contribution in [3.8, 4) is 11.1 Å². The van der Waals surface area contributed by atoms with Gasteiger partial charge in [-0.2, -0.15) is 5.16 Å². The Hall–Kier alpha value is -1.29. The van der Waals surface area contributed by atoms with Crippen LogP contribution in [0.2, 0.25) is 0 Å². The zero-order chi connectivity index (χ0) is 10.1. The van der Waals surface area contributed by atoms with Crippen LogP contribution in [0.1, 0.15) is 5.76 Å². The van der Waals surface area contributed by atoms with Crippen LogP contribution >= 0.6 is 15.9 Å². The molecular weight excluding hydrogens is 246 g/mol. The average Bonchev–Trinajstić information content (AvgIpc) is 2.48. The van der Waals surface area contributed by atoms with E-state index in [1.807, 2.05) is 24.3 Å². The van der Waals surface area contributed by atoms with Gasteiger partial charge in [-0.05, 0) is 13.0 Å². The smallest absolute Gasteiger partial charge is 0.288 e. The Morgan fingerprint density at radius 1 is 1.36 bits per heavy atom. The summed E-state index contributed by atoms with van der Waals surface area (Å²) in [6.45, 7) is 1.76. The molecule has 1 N–H and O–H groups in total. The Bertz CT molecular complexity index is 513. The summed E-state index contributed by atoms with van der Waals surface area (Å²) in [5, 5.41) is 2.31. The second kappa shape index (κ2) is 3.46. The highest BCUT2D eigenvalue weighted by molar-refractivity contribution is 9.10. The molecule has 0 amide bonds. The van der Waals surface area contributed by atoms with Crippen molar-refractivity contribution in [2.75, 3.05) is 0 Å². The molecule has 72 valence electrons. The summed E-state index contributed by atoms with van der Waals surface area (Å²) in [7, 11) is 0.